The molecule has 0 saturated carbocycles. The lowest BCUT2D eigenvalue weighted by molar-refractivity contribution is -0.146. The van der Waals surface area contributed by atoms with Crippen molar-refractivity contribution in [1.82, 2.24) is 35.7 Å². The fourth-order valence-corrected chi connectivity index (χ4v) is 6.08. The smallest absolute Gasteiger partial charge is 0.326 e. The number of carbonyl (C=O) groups is 8. The van der Waals surface area contributed by atoms with Gasteiger partial charge in [0.25, 0.3) is 0 Å². The lowest BCUT2D eigenvalue weighted by atomic mass is 10.1. The van der Waals surface area contributed by atoms with Crippen LogP contribution >= 0.6 is 0 Å². The molecule has 2 fully saturated rings. The predicted octanol–water partition coefficient (Wildman–Crippen LogP) is -4.80. The van der Waals surface area contributed by atoms with Gasteiger partial charge in [-0.15, -0.1) is 0 Å². The third-order valence-corrected chi connectivity index (χ3v) is 8.58. The van der Waals surface area contributed by atoms with Crippen LogP contribution in [0.3, 0.4) is 0 Å². The molecule has 22 nitrogen and oxygen atoms in total. The number of amides is 6. The highest BCUT2D eigenvalue weighted by Gasteiger charge is 2.42. The van der Waals surface area contributed by atoms with Crippen LogP contribution in [-0.2, 0) is 44.8 Å². The van der Waals surface area contributed by atoms with Gasteiger partial charge in [-0.1, -0.05) is 0 Å². The minimum Gasteiger partial charge on any atom is -0.481 e. The van der Waals surface area contributed by atoms with Crippen LogP contribution in [0.25, 0.3) is 0 Å². The molecule has 0 aliphatic carbocycles. The summed E-state index contributed by atoms with van der Waals surface area (Å²) in [6.07, 6.45) is 2.65. The Kier molecular flexibility index (Phi) is 14.8. The summed E-state index contributed by atoms with van der Waals surface area (Å²) >= 11 is 0. The number of nitrogens with zero attached hydrogens (tertiary/aromatic N) is 4. The maximum absolute atomic E-state index is 13.8. The van der Waals surface area contributed by atoms with Gasteiger partial charge in [0.15, 0.2) is 5.96 Å². The van der Waals surface area contributed by atoms with E-state index in [2.05, 4.69) is 30.9 Å². The quantitative estimate of drug-likeness (QED) is 0.0362. The van der Waals surface area contributed by atoms with Gasteiger partial charge in [0.1, 0.15) is 30.2 Å². The number of hydrogen-bond donors (Lipinski definition) is 10. The number of nitrogens with one attached hydrogen (secondary N) is 4. The van der Waals surface area contributed by atoms with Crippen molar-refractivity contribution in [2.45, 2.75) is 94.0 Å². The number of carboxylic acids is 2. The van der Waals surface area contributed by atoms with Crippen molar-refractivity contribution in [3.63, 3.8) is 0 Å². The molecule has 22 heteroatoms. The Balaban J connectivity index is 1.74. The summed E-state index contributed by atoms with van der Waals surface area (Å²) in [6.45, 7) is 0.291. The molecule has 14 N–H and O–H groups in total. The molecule has 6 atom stereocenters. The number of aromatic nitrogens is 2. The molecule has 3 rings (SSSR count). The Morgan fingerprint density at radius 2 is 1.44 bits per heavy atom. The van der Waals surface area contributed by atoms with Gasteiger partial charge in [-0.2, -0.15) is 0 Å². The van der Waals surface area contributed by atoms with E-state index >= 15 is 0 Å². The van der Waals surface area contributed by atoms with Crippen molar-refractivity contribution in [1.29, 1.82) is 0 Å². The standard InChI is InChI=1S/C30H46N12O10/c31-16(11-23(44)45)24(46)39-18(10-15-13-35-14-37-15)27(49)41-8-3-6-21(41)26(48)40-19(12-22(32)43)28(50)42-9-2-5-20(42)25(47)38-17(29(51)52)4-1-7-36-30(33)34/h13-14,16-21H,1-12,31H2,(H2,32,43)(H,35,37)(H,38,47)(H,39,46)(H,40,48)(H,44,45)(H,51,52)(H4,33,34,36)/t16-,17-,18-,19-,20-,21-/m0/s1. The van der Waals surface area contributed by atoms with E-state index in [9.17, 15) is 43.5 Å². The van der Waals surface area contributed by atoms with Crippen LogP contribution in [0.5, 0.6) is 0 Å². The van der Waals surface area contributed by atoms with Crippen LogP contribution in [0.2, 0.25) is 0 Å². The Labute approximate surface area is 297 Å². The fourth-order valence-electron chi connectivity index (χ4n) is 6.08. The first-order chi connectivity index (χ1) is 24.6. The number of aliphatic imine (C=N–C) groups is 1. The van der Waals surface area contributed by atoms with Crippen LogP contribution in [0, 0.1) is 0 Å². The average molecular weight is 735 g/mol. The Morgan fingerprint density at radius 1 is 0.865 bits per heavy atom. The van der Waals surface area contributed by atoms with Gasteiger partial charge < -0.3 is 63.9 Å². The van der Waals surface area contributed by atoms with Crippen molar-refractivity contribution in [3.8, 4) is 0 Å². The molecule has 286 valence electrons. The van der Waals surface area contributed by atoms with Crippen LogP contribution in [-0.4, -0.2) is 139 Å². The number of aromatic amines is 1. The zero-order chi connectivity index (χ0) is 38.5. The molecule has 2 aliphatic rings. The molecule has 0 unspecified atom stereocenters. The van der Waals surface area contributed by atoms with E-state index in [1.165, 1.54) is 17.4 Å². The zero-order valence-corrected chi connectivity index (χ0v) is 28.4. The topological polar surface area (TPSA) is 365 Å². The lowest BCUT2D eigenvalue weighted by Gasteiger charge is -2.32. The van der Waals surface area contributed by atoms with E-state index in [4.69, 9.17) is 28.0 Å². The first-order valence-electron chi connectivity index (χ1n) is 16.6. The number of carboxylic acid groups (broad SMARTS) is 2. The van der Waals surface area contributed by atoms with Gasteiger partial charge in [0.05, 0.1) is 25.2 Å². The number of carbonyl (C=O) groups excluding carboxylic acids is 6. The Hall–Kier alpha value is -5.80. The van der Waals surface area contributed by atoms with Crippen LogP contribution < -0.4 is 38.9 Å². The Morgan fingerprint density at radius 3 is 1.94 bits per heavy atom. The van der Waals surface area contributed by atoms with Crippen LogP contribution in [0.1, 0.15) is 57.1 Å². The number of likely N-dealkylation sites (tertiary alicyclic amines) is 2. The number of H-pyrrole nitrogens is 1. The van der Waals surface area contributed by atoms with Gasteiger partial charge in [0.2, 0.25) is 35.4 Å². The molecule has 2 aliphatic heterocycles. The molecule has 2 saturated heterocycles. The van der Waals surface area contributed by atoms with E-state index in [0.717, 1.165) is 4.90 Å². The number of primary amides is 1. The number of hydrogen-bond acceptors (Lipinski definition) is 11. The van der Waals surface area contributed by atoms with Crippen LogP contribution in [0.15, 0.2) is 17.5 Å². The molecule has 52 heavy (non-hydrogen) atoms. The first kappa shape index (κ1) is 40.6. The Bertz CT molecular complexity index is 1520. The molecule has 1 aromatic heterocycles. The van der Waals surface area contributed by atoms with E-state index < -0.39 is 96.5 Å². The number of aliphatic carboxylic acids is 2. The maximum Gasteiger partial charge on any atom is 0.326 e. The third-order valence-electron chi connectivity index (χ3n) is 8.58. The SMILES string of the molecule is NC(=O)C[C@H](NC(=O)[C@@H]1CCCN1C(=O)[C@H](Cc1cnc[nH]1)NC(=O)[C@@H](N)CC(=O)O)C(=O)N1CCC[C@H]1C(=O)N[C@@H](CCCN=C(N)N)C(=O)O. The highest BCUT2D eigenvalue weighted by atomic mass is 16.4. The predicted molar refractivity (Wildman–Crippen MR) is 179 cm³/mol. The monoisotopic (exact) mass is 734 g/mol. The number of rotatable bonds is 19. The maximum atomic E-state index is 13.8. The second kappa shape index (κ2) is 19.0. The van der Waals surface area contributed by atoms with E-state index in [1.54, 1.807) is 0 Å². The van der Waals surface area contributed by atoms with Gasteiger partial charge in [0, 0.05) is 37.9 Å². The summed E-state index contributed by atoms with van der Waals surface area (Å²) in [5.41, 5.74) is 22.1. The molecule has 0 spiro atoms. The summed E-state index contributed by atoms with van der Waals surface area (Å²) in [5.74, 6) is -7.69. The number of imidazole rings is 1. The van der Waals surface area contributed by atoms with Crippen molar-refractivity contribution < 1.29 is 48.6 Å². The normalized spacial score (nSPS) is 19.1. The number of guanidine groups is 1. The van der Waals surface area contributed by atoms with Gasteiger partial charge >= 0.3 is 11.9 Å². The molecule has 0 aromatic carbocycles. The van der Waals surface area contributed by atoms with Crippen molar-refractivity contribution in [2.75, 3.05) is 19.6 Å². The highest BCUT2D eigenvalue weighted by molar-refractivity contribution is 5.98. The fraction of sp³-hybridized carbons (Fsp3) is 0.600. The molecule has 0 radical (unpaired) electrons. The average Bonchev–Trinajstić information content (AvgIpc) is 3.86. The van der Waals surface area contributed by atoms with E-state index in [1.807, 2.05) is 0 Å². The summed E-state index contributed by atoms with van der Waals surface area (Å²) in [4.78, 5) is 115. The third kappa shape index (κ3) is 11.6. The van der Waals surface area contributed by atoms with Crippen molar-refractivity contribution >= 4 is 53.3 Å². The largest absolute Gasteiger partial charge is 0.481 e. The number of nitrogens with two attached hydrogens (primary N) is 4. The molecule has 6 amide bonds. The molecule has 1 aromatic rings. The van der Waals surface area contributed by atoms with Gasteiger partial charge in [-0.05, 0) is 38.5 Å². The lowest BCUT2D eigenvalue weighted by Crippen LogP contribution is -2.59. The van der Waals surface area contributed by atoms with Gasteiger partial charge in [-0.25, -0.2) is 9.78 Å². The van der Waals surface area contributed by atoms with Gasteiger partial charge in [-0.3, -0.25) is 38.6 Å². The van der Waals surface area contributed by atoms with E-state index in [0.29, 0.717) is 18.5 Å². The molecule has 0 bridgehead atoms. The van der Waals surface area contributed by atoms with E-state index in [-0.39, 0.29) is 57.7 Å². The minimum absolute atomic E-state index is 0.00293. The second-order valence-corrected chi connectivity index (χ2v) is 12.5. The molecular weight excluding hydrogens is 688 g/mol. The minimum atomic E-state index is -1.53. The summed E-state index contributed by atoms with van der Waals surface area (Å²) in [5, 5.41) is 26.1. The molecular formula is C30H46N12O10. The van der Waals surface area contributed by atoms with Crippen molar-refractivity contribution in [2.24, 2.45) is 27.9 Å². The van der Waals surface area contributed by atoms with Crippen LogP contribution in [0.4, 0.5) is 0 Å². The second-order valence-electron chi connectivity index (χ2n) is 12.5. The zero-order valence-electron chi connectivity index (χ0n) is 28.4. The summed E-state index contributed by atoms with van der Waals surface area (Å²) in [7, 11) is 0. The summed E-state index contributed by atoms with van der Waals surface area (Å²) in [6, 6.07) is -7.83. The molecule has 3 heterocycles. The first-order valence-corrected chi connectivity index (χ1v) is 16.6. The summed E-state index contributed by atoms with van der Waals surface area (Å²) < 4.78 is 0. The highest BCUT2D eigenvalue weighted by Crippen LogP contribution is 2.22. The van der Waals surface area contributed by atoms with Crippen molar-refractivity contribution in [3.05, 3.63) is 18.2 Å².